The first-order valence-corrected chi connectivity index (χ1v) is 11.0. The molecule has 0 saturated heterocycles. The predicted octanol–water partition coefficient (Wildman–Crippen LogP) is 2.71. The molecule has 0 unspecified atom stereocenters. The zero-order valence-corrected chi connectivity index (χ0v) is 19.5. The molecule has 1 amide bonds. The number of aromatic hydroxyl groups is 1. The molecule has 0 atom stereocenters. The van der Waals surface area contributed by atoms with Crippen molar-refractivity contribution < 1.29 is 9.90 Å². The number of halogens is 1. The van der Waals surface area contributed by atoms with Gasteiger partial charge in [0.1, 0.15) is 5.56 Å². The minimum absolute atomic E-state index is 0.0464. The number of nitrogens with one attached hydrogen (secondary N) is 2. The quantitative estimate of drug-likeness (QED) is 0.459. The van der Waals surface area contributed by atoms with Crippen LogP contribution in [-0.2, 0) is 4.79 Å². The summed E-state index contributed by atoms with van der Waals surface area (Å²) in [5, 5.41) is 15.5. The van der Waals surface area contributed by atoms with Crippen molar-refractivity contribution in [2.45, 2.75) is 13.3 Å². The highest BCUT2D eigenvalue weighted by Crippen LogP contribution is 2.26. The Labute approximate surface area is 196 Å². The van der Waals surface area contributed by atoms with E-state index in [4.69, 9.17) is 12.2 Å². The Balaban J connectivity index is 1.86. The zero-order chi connectivity index (χ0) is 22.8. The number of nitrogens with zero attached hydrogens (tertiary/aromatic N) is 2. The number of allylic oxidation sites excluding steroid dienone is 1. The molecule has 2 aromatic carbocycles. The van der Waals surface area contributed by atoms with Crippen LogP contribution in [-0.4, -0.2) is 27.1 Å². The van der Waals surface area contributed by atoms with Crippen molar-refractivity contribution in [3.05, 3.63) is 90.0 Å². The van der Waals surface area contributed by atoms with E-state index >= 15 is 0 Å². The Morgan fingerprint density at radius 1 is 1.25 bits per heavy atom. The number of fused-ring (bicyclic) bond motifs is 1. The largest absolute Gasteiger partial charge is 0.494 e. The summed E-state index contributed by atoms with van der Waals surface area (Å²) >= 11 is 8.68. The first-order chi connectivity index (χ1) is 15.3. The Kier molecular flexibility index (Phi) is 6.20. The molecular formula is C23H19BrN4O3S. The molecule has 3 aromatic rings. The summed E-state index contributed by atoms with van der Waals surface area (Å²) in [5.74, 6) is -0.397. The van der Waals surface area contributed by atoms with Crippen molar-refractivity contribution in [1.82, 2.24) is 14.9 Å². The lowest BCUT2D eigenvalue weighted by Gasteiger charge is -2.12. The van der Waals surface area contributed by atoms with Crippen LogP contribution >= 0.6 is 28.1 Å². The lowest BCUT2D eigenvalue weighted by molar-refractivity contribution is -0.118. The molecule has 32 heavy (non-hydrogen) atoms. The van der Waals surface area contributed by atoms with Crippen LogP contribution in [0.2, 0.25) is 0 Å². The van der Waals surface area contributed by atoms with E-state index in [0.29, 0.717) is 24.4 Å². The van der Waals surface area contributed by atoms with Gasteiger partial charge in [-0.3, -0.25) is 19.1 Å². The third-order valence-electron chi connectivity index (χ3n) is 5.01. The minimum atomic E-state index is -0.513. The molecule has 0 fully saturated rings. The molecule has 9 heteroatoms. The molecule has 1 aromatic heterocycles. The maximum Gasteiger partial charge on any atom is 0.262 e. The molecule has 162 valence electrons. The van der Waals surface area contributed by atoms with E-state index in [0.717, 1.165) is 20.6 Å². The molecule has 1 aliphatic heterocycles. The fourth-order valence-electron chi connectivity index (χ4n) is 3.54. The van der Waals surface area contributed by atoms with Crippen LogP contribution in [0.25, 0.3) is 17.3 Å². The van der Waals surface area contributed by atoms with Crippen LogP contribution in [0.1, 0.15) is 18.9 Å². The summed E-state index contributed by atoms with van der Waals surface area (Å²) in [6, 6.07) is 14.8. The van der Waals surface area contributed by atoms with Gasteiger partial charge >= 0.3 is 0 Å². The van der Waals surface area contributed by atoms with E-state index in [1.54, 1.807) is 18.2 Å². The van der Waals surface area contributed by atoms with E-state index in [-0.39, 0.29) is 22.1 Å². The Hall–Kier alpha value is -3.30. The number of carbonyl (C=O) groups is 1. The minimum Gasteiger partial charge on any atom is -0.494 e. The first-order valence-electron chi connectivity index (χ1n) is 9.83. The fraction of sp³-hybridized carbons (Fsp3) is 0.130. The van der Waals surface area contributed by atoms with Crippen molar-refractivity contribution in [2.75, 3.05) is 6.54 Å². The van der Waals surface area contributed by atoms with Gasteiger partial charge in [-0.1, -0.05) is 34.1 Å². The van der Waals surface area contributed by atoms with Gasteiger partial charge in [0.25, 0.3) is 5.56 Å². The van der Waals surface area contributed by atoms with Crippen LogP contribution in [0.3, 0.4) is 0 Å². The van der Waals surface area contributed by atoms with Gasteiger partial charge in [-0.2, -0.15) is 0 Å². The molecule has 0 bridgehead atoms. The third-order valence-corrected chi connectivity index (χ3v) is 5.83. The number of aromatic nitrogens is 2. The lowest BCUT2D eigenvalue weighted by atomic mass is 10.1. The number of hydrogen-bond acceptors (Lipinski definition) is 5. The Morgan fingerprint density at radius 3 is 2.69 bits per heavy atom. The molecule has 0 saturated carbocycles. The van der Waals surface area contributed by atoms with Crippen molar-refractivity contribution in [1.29, 1.82) is 0 Å². The van der Waals surface area contributed by atoms with E-state index in [9.17, 15) is 14.7 Å². The number of aromatic amines is 1. The second kappa shape index (κ2) is 9.05. The van der Waals surface area contributed by atoms with Crippen LogP contribution < -0.4 is 21.5 Å². The maximum atomic E-state index is 12.7. The molecular weight excluding hydrogens is 492 g/mol. The van der Waals surface area contributed by atoms with Gasteiger partial charge in [-0.15, -0.1) is 0 Å². The van der Waals surface area contributed by atoms with E-state index in [1.807, 2.05) is 36.4 Å². The second-order valence-corrected chi connectivity index (χ2v) is 8.48. The molecule has 0 spiro atoms. The van der Waals surface area contributed by atoms with Crippen LogP contribution in [0.15, 0.2) is 68.5 Å². The maximum absolute atomic E-state index is 12.7. The number of para-hydroxylation sites is 1. The van der Waals surface area contributed by atoms with Gasteiger partial charge in [-0.05, 0) is 60.6 Å². The molecule has 4 rings (SSSR count). The number of H-pyrrole nitrogens is 1. The normalized spacial score (nSPS) is 13.7. The van der Waals surface area contributed by atoms with Crippen molar-refractivity contribution >= 4 is 45.7 Å². The monoisotopic (exact) mass is 510 g/mol. The second-order valence-electron chi connectivity index (χ2n) is 7.18. The van der Waals surface area contributed by atoms with Gasteiger partial charge < -0.3 is 10.4 Å². The molecule has 0 radical (unpaired) electrons. The molecule has 7 nitrogen and oxygen atoms in total. The fourth-order valence-corrected chi connectivity index (χ4v) is 4.09. The van der Waals surface area contributed by atoms with E-state index in [1.165, 1.54) is 11.5 Å². The van der Waals surface area contributed by atoms with Crippen molar-refractivity contribution in [3.8, 4) is 11.6 Å². The topological polar surface area (TPSA) is 99.5 Å². The van der Waals surface area contributed by atoms with Crippen molar-refractivity contribution in [3.63, 3.8) is 0 Å². The molecule has 1 aliphatic rings. The van der Waals surface area contributed by atoms with Crippen LogP contribution in [0, 0.1) is 4.77 Å². The number of rotatable bonds is 5. The van der Waals surface area contributed by atoms with Crippen LogP contribution in [0.4, 0.5) is 0 Å². The summed E-state index contributed by atoms with van der Waals surface area (Å²) < 4.78 is 2.35. The predicted molar refractivity (Wildman–Crippen MR) is 128 cm³/mol. The molecule has 0 aliphatic carbocycles. The number of carbonyl (C=O) groups excluding carboxylic acids is 1. The van der Waals surface area contributed by atoms with Crippen LogP contribution in [0.5, 0.6) is 5.88 Å². The zero-order valence-electron chi connectivity index (χ0n) is 17.1. The number of hydrogen-bond donors (Lipinski definition) is 3. The van der Waals surface area contributed by atoms with Gasteiger partial charge in [-0.25, -0.2) is 4.99 Å². The summed E-state index contributed by atoms with van der Waals surface area (Å²) in [6.45, 7) is 1.89. The third kappa shape index (κ3) is 4.35. The Morgan fingerprint density at radius 2 is 1.97 bits per heavy atom. The summed E-state index contributed by atoms with van der Waals surface area (Å²) in [7, 11) is 0. The first kappa shape index (κ1) is 21.9. The smallest absolute Gasteiger partial charge is 0.262 e. The summed E-state index contributed by atoms with van der Waals surface area (Å²) in [5.41, 5.74) is 1.57. The highest BCUT2D eigenvalue weighted by molar-refractivity contribution is 9.10. The average Bonchev–Trinajstić information content (AvgIpc) is 3.09. The number of amides is 1. The van der Waals surface area contributed by atoms with E-state index in [2.05, 4.69) is 31.2 Å². The van der Waals surface area contributed by atoms with Gasteiger partial charge in [0, 0.05) is 23.2 Å². The summed E-state index contributed by atoms with van der Waals surface area (Å²) in [4.78, 5) is 31.3. The van der Waals surface area contributed by atoms with Crippen molar-refractivity contribution in [2.24, 2.45) is 4.99 Å². The van der Waals surface area contributed by atoms with Gasteiger partial charge in [0.05, 0.1) is 16.7 Å². The number of benzene rings is 2. The highest BCUT2D eigenvalue weighted by Gasteiger charge is 2.17. The van der Waals surface area contributed by atoms with Gasteiger partial charge in [0.15, 0.2) is 4.77 Å². The average molecular weight is 511 g/mol. The lowest BCUT2D eigenvalue weighted by Crippen LogP contribution is -2.25. The standard InChI is InChI=1S/C23H19BrN4O3S/c1-13(29)25-11-10-17-16-4-2-3-5-19(16)26-20(17)12-18-21(30)27-23(32)28(22(18)31)15-8-6-14(24)7-9-15/h2-9,12,31H,10-11H2,1H3,(H,25,29)(H,27,30,32)/b20-12-. The SMILES string of the molecule is CC(=O)NCCC1=c2ccccc2=N/C1=C\c1c(O)n(-c2ccc(Br)cc2)c(=S)[nH]c1=O. The molecule has 3 N–H and O–H groups in total. The Bertz CT molecular complexity index is 1490. The summed E-state index contributed by atoms with van der Waals surface area (Å²) in [6.07, 6.45) is 2.08. The highest BCUT2D eigenvalue weighted by atomic mass is 79.9. The van der Waals surface area contributed by atoms with Gasteiger partial charge in [0.2, 0.25) is 11.8 Å². The van der Waals surface area contributed by atoms with E-state index < -0.39 is 5.56 Å². The molecule has 2 heterocycles.